The fraction of sp³-hybridized carbons (Fsp3) is 0.333. The Hall–Kier alpha value is -2.08. The number of rotatable bonds is 5. The van der Waals surface area contributed by atoms with Crippen LogP contribution in [0.25, 0.3) is 0 Å². The number of benzene rings is 1. The third-order valence-corrected chi connectivity index (χ3v) is 4.55. The lowest BCUT2D eigenvalue weighted by Crippen LogP contribution is -2.26. The summed E-state index contributed by atoms with van der Waals surface area (Å²) in [5.74, 6) is 0.584. The maximum atomic E-state index is 12.3. The molecule has 21 heavy (non-hydrogen) atoms. The van der Waals surface area contributed by atoms with E-state index in [9.17, 15) is 4.79 Å². The molecule has 1 aliphatic rings. The van der Waals surface area contributed by atoms with E-state index in [0.29, 0.717) is 21.7 Å². The summed E-state index contributed by atoms with van der Waals surface area (Å²) in [5.41, 5.74) is 7.08. The van der Waals surface area contributed by atoms with Gasteiger partial charge in [-0.25, -0.2) is 4.98 Å². The molecule has 1 aliphatic carbocycles. The van der Waals surface area contributed by atoms with Crippen molar-refractivity contribution in [3.8, 4) is 0 Å². The summed E-state index contributed by atoms with van der Waals surface area (Å²) in [6, 6.07) is 10.4. The lowest BCUT2D eigenvalue weighted by Gasteiger charge is -2.03. The second-order valence-electron chi connectivity index (χ2n) is 5.10. The van der Waals surface area contributed by atoms with Crippen LogP contribution in [0.3, 0.4) is 0 Å². The first kappa shape index (κ1) is 13.9. The van der Waals surface area contributed by atoms with Crippen molar-refractivity contribution in [3.63, 3.8) is 0 Å². The van der Waals surface area contributed by atoms with Gasteiger partial charge in [0.2, 0.25) is 0 Å². The van der Waals surface area contributed by atoms with Crippen molar-refractivity contribution in [2.45, 2.75) is 25.3 Å². The highest BCUT2D eigenvalue weighted by atomic mass is 32.1. The van der Waals surface area contributed by atoms with Crippen molar-refractivity contribution in [2.24, 2.45) is 0 Å². The molecule has 1 fully saturated rings. The first-order valence-electron chi connectivity index (χ1n) is 7.05. The molecule has 4 N–H and O–H groups in total. The number of carbonyl (C=O) groups is 1. The predicted molar refractivity (Wildman–Crippen MR) is 85.7 cm³/mol. The van der Waals surface area contributed by atoms with E-state index < -0.39 is 0 Å². The van der Waals surface area contributed by atoms with Gasteiger partial charge in [0, 0.05) is 18.5 Å². The van der Waals surface area contributed by atoms with Gasteiger partial charge in [0.25, 0.3) is 5.91 Å². The Labute approximate surface area is 127 Å². The summed E-state index contributed by atoms with van der Waals surface area (Å²) in [6.45, 7) is 2.73. The van der Waals surface area contributed by atoms with Gasteiger partial charge in [-0.15, -0.1) is 0 Å². The average Bonchev–Trinajstić information content (AvgIpc) is 3.15. The average molecular weight is 302 g/mol. The molecule has 6 heteroatoms. The number of thiazole rings is 1. The first-order chi connectivity index (χ1) is 10.2. The van der Waals surface area contributed by atoms with Gasteiger partial charge in [0.05, 0.1) is 0 Å². The monoisotopic (exact) mass is 302 g/mol. The Morgan fingerprint density at radius 3 is 2.90 bits per heavy atom. The topological polar surface area (TPSA) is 80.0 Å². The van der Waals surface area contributed by atoms with Gasteiger partial charge < -0.3 is 16.4 Å². The van der Waals surface area contributed by atoms with E-state index in [2.05, 4.69) is 27.8 Å². The van der Waals surface area contributed by atoms with Gasteiger partial charge in [-0.1, -0.05) is 41.7 Å². The highest BCUT2D eigenvalue weighted by Crippen LogP contribution is 2.41. The number of nitrogens with two attached hydrogens (primary N) is 1. The Bertz CT molecular complexity index is 640. The molecule has 0 aliphatic heterocycles. The molecule has 3 rings (SSSR count). The van der Waals surface area contributed by atoms with Crippen LogP contribution in [-0.2, 0) is 0 Å². The molecule has 2 unspecified atom stereocenters. The van der Waals surface area contributed by atoms with E-state index in [1.54, 1.807) is 0 Å². The molecule has 0 radical (unpaired) electrons. The van der Waals surface area contributed by atoms with Gasteiger partial charge in [-0.05, 0) is 18.9 Å². The fourth-order valence-corrected chi connectivity index (χ4v) is 3.23. The minimum atomic E-state index is -0.127. The third-order valence-electron chi connectivity index (χ3n) is 3.52. The van der Waals surface area contributed by atoms with Crippen molar-refractivity contribution in [1.29, 1.82) is 0 Å². The van der Waals surface area contributed by atoms with Gasteiger partial charge in [0.15, 0.2) is 5.13 Å². The smallest absolute Gasteiger partial charge is 0.265 e. The number of amides is 1. The number of carbonyl (C=O) groups excluding carboxylic acids is 1. The van der Waals surface area contributed by atoms with Crippen LogP contribution in [-0.4, -0.2) is 23.5 Å². The normalized spacial score (nSPS) is 20.0. The summed E-state index contributed by atoms with van der Waals surface area (Å²) >= 11 is 1.30. The van der Waals surface area contributed by atoms with E-state index in [1.807, 2.05) is 25.1 Å². The molecular weight excluding hydrogens is 284 g/mol. The quantitative estimate of drug-likeness (QED) is 0.792. The van der Waals surface area contributed by atoms with Crippen LogP contribution in [0.15, 0.2) is 30.3 Å². The summed E-state index contributed by atoms with van der Waals surface area (Å²) in [4.78, 5) is 16.9. The van der Waals surface area contributed by atoms with Crippen LogP contribution in [0.4, 0.5) is 10.9 Å². The van der Waals surface area contributed by atoms with E-state index in [4.69, 9.17) is 5.73 Å². The van der Waals surface area contributed by atoms with Crippen molar-refractivity contribution in [1.82, 2.24) is 10.3 Å². The van der Waals surface area contributed by atoms with Crippen LogP contribution in [0.5, 0.6) is 0 Å². The molecule has 1 heterocycles. The molecule has 1 saturated carbocycles. The van der Waals surface area contributed by atoms with Crippen molar-refractivity contribution < 1.29 is 4.79 Å². The maximum Gasteiger partial charge on any atom is 0.265 e. The predicted octanol–water partition coefficient (Wildman–Crippen LogP) is 2.44. The minimum absolute atomic E-state index is 0.127. The summed E-state index contributed by atoms with van der Waals surface area (Å²) < 4.78 is 0. The Morgan fingerprint density at radius 1 is 1.43 bits per heavy atom. The lowest BCUT2D eigenvalue weighted by atomic mass is 10.1. The zero-order valence-corrected chi connectivity index (χ0v) is 12.6. The maximum absolute atomic E-state index is 12.3. The van der Waals surface area contributed by atoms with E-state index in [0.717, 1.165) is 13.0 Å². The Kier molecular flexibility index (Phi) is 3.79. The van der Waals surface area contributed by atoms with Crippen molar-refractivity contribution >= 4 is 28.2 Å². The standard InChI is InChI=1S/C15H18N4OS/c1-2-17-15-19-13(16)12(21-15)14(20)18-11-8-10(11)9-6-4-3-5-7-9/h3-7,10-11H,2,8,16H2,1H3,(H,17,19)(H,18,20). The molecule has 1 aromatic heterocycles. The Morgan fingerprint density at radius 2 is 2.19 bits per heavy atom. The number of aromatic nitrogens is 1. The minimum Gasteiger partial charge on any atom is -0.382 e. The zero-order chi connectivity index (χ0) is 14.8. The SMILES string of the molecule is CCNc1nc(N)c(C(=O)NC2CC2c2ccccc2)s1. The number of anilines is 2. The Balaban J connectivity index is 1.63. The molecule has 0 saturated heterocycles. The van der Waals surface area contributed by atoms with Gasteiger partial charge in [0.1, 0.15) is 10.7 Å². The highest BCUT2D eigenvalue weighted by Gasteiger charge is 2.39. The summed E-state index contributed by atoms with van der Waals surface area (Å²) in [6.07, 6.45) is 0.981. The number of hydrogen-bond acceptors (Lipinski definition) is 5. The van der Waals surface area contributed by atoms with Crippen LogP contribution in [0.2, 0.25) is 0 Å². The second-order valence-corrected chi connectivity index (χ2v) is 6.10. The largest absolute Gasteiger partial charge is 0.382 e. The van der Waals surface area contributed by atoms with Crippen LogP contribution in [0.1, 0.15) is 34.5 Å². The molecular formula is C15H18N4OS. The van der Waals surface area contributed by atoms with Crippen molar-refractivity contribution in [3.05, 3.63) is 40.8 Å². The summed E-state index contributed by atoms with van der Waals surface area (Å²) in [5, 5.41) is 6.80. The van der Waals surface area contributed by atoms with Crippen molar-refractivity contribution in [2.75, 3.05) is 17.6 Å². The highest BCUT2D eigenvalue weighted by molar-refractivity contribution is 7.18. The molecule has 5 nitrogen and oxygen atoms in total. The van der Waals surface area contributed by atoms with E-state index in [-0.39, 0.29) is 11.9 Å². The van der Waals surface area contributed by atoms with Crippen LogP contribution < -0.4 is 16.4 Å². The molecule has 0 spiro atoms. The third kappa shape index (κ3) is 3.00. The fourth-order valence-electron chi connectivity index (χ4n) is 2.38. The molecule has 2 atom stereocenters. The van der Waals surface area contributed by atoms with E-state index in [1.165, 1.54) is 16.9 Å². The number of nitrogens with one attached hydrogen (secondary N) is 2. The summed E-state index contributed by atoms with van der Waals surface area (Å²) in [7, 11) is 0. The van der Waals surface area contributed by atoms with Gasteiger partial charge >= 0.3 is 0 Å². The molecule has 110 valence electrons. The molecule has 1 amide bonds. The van der Waals surface area contributed by atoms with Gasteiger partial charge in [-0.3, -0.25) is 4.79 Å². The van der Waals surface area contributed by atoms with Crippen LogP contribution >= 0.6 is 11.3 Å². The number of nitrogen functional groups attached to an aromatic ring is 1. The zero-order valence-electron chi connectivity index (χ0n) is 11.8. The molecule has 1 aromatic carbocycles. The van der Waals surface area contributed by atoms with Gasteiger partial charge in [-0.2, -0.15) is 0 Å². The lowest BCUT2D eigenvalue weighted by molar-refractivity contribution is 0.0955. The molecule has 0 bridgehead atoms. The number of hydrogen-bond donors (Lipinski definition) is 3. The first-order valence-corrected chi connectivity index (χ1v) is 7.86. The molecule has 2 aromatic rings. The van der Waals surface area contributed by atoms with E-state index >= 15 is 0 Å². The second kappa shape index (κ2) is 5.73. The van der Waals surface area contributed by atoms with Crippen LogP contribution in [0, 0.1) is 0 Å². The number of nitrogens with zero attached hydrogens (tertiary/aromatic N) is 1.